The van der Waals surface area contributed by atoms with Gasteiger partial charge in [-0.3, -0.25) is 9.69 Å². The molecule has 3 heteroatoms. The summed E-state index contributed by atoms with van der Waals surface area (Å²) >= 11 is 2.30. The third-order valence-corrected chi connectivity index (χ3v) is 4.18. The molecule has 0 saturated heterocycles. The van der Waals surface area contributed by atoms with Gasteiger partial charge >= 0.3 is 0 Å². The lowest BCUT2D eigenvalue weighted by molar-refractivity contribution is -0.117. The molecule has 2 nitrogen and oxygen atoms in total. The molecule has 0 aliphatic rings. The van der Waals surface area contributed by atoms with Crippen LogP contribution in [0.15, 0.2) is 48.5 Å². The van der Waals surface area contributed by atoms with Crippen LogP contribution in [0.25, 0.3) is 0 Å². The van der Waals surface area contributed by atoms with Crippen LogP contribution in [0.5, 0.6) is 0 Å². The van der Waals surface area contributed by atoms with E-state index in [0.29, 0.717) is 6.42 Å². The Bertz CT molecular complexity index is 581. The first-order valence-corrected chi connectivity index (χ1v) is 7.35. The smallest absolute Gasteiger partial charge is 0.231 e. The average Bonchev–Trinajstić information content (AvgIpc) is 2.44. The number of benzene rings is 2. The van der Waals surface area contributed by atoms with Gasteiger partial charge in [0.05, 0.1) is 0 Å². The molecule has 0 heterocycles. The molecule has 0 atom stereocenters. The summed E-state index contributed by atoms with van der Waals surface area (Å²) in [4.78, 5) is 14.0. The number of hydrogen-bond donors (Lipinski definition) is 0. The number of hydrogen-bond acceptors (Lipinski definition) is 1. The zero-order chi connectivity index (χ0) is 13.8. The van der Waals surface area contributed by atoms with E-state index in [0.717, 1.165) is 11.4 Å². The highest BCUT2D eigenvalue weighted by Gasteiger charge is 2.16. The van der Waals surface area contributed by atoms with E-state index in [1.807, 2.05) is 49.4 Å². The molecular formula is C16H16INO. The van der Waals surface area contributed by atoms with Gasteiger partial charge < -0.3 is 0 Å². The maximum Gasteiger partial charge on any atom is 0.231 e. The minimum atomic E-state index is 0.104. The highest BCUT2D eigenvalue weighted by atomic mass is 127. The van der Waals surface area contributed by atoms with Crippen LogP contribution in [-0.4, -0.2) is 5.91 Å². The van der Waals surface area contributed by atoms with Crippen LogP contribution in [0.4, 0.5) is 11.4 Å². The Labute approximate surface area is 127 Å². The van der Waals surface area contributed by atoms with Crippen LogP contribution >= 0.6 is 22.6 Å². The van der Waals surface area contributed by atoms with Gasteiger partial charge in [-0.1, -0.05) is 25.1 Å². The standard InChI is InChI=1S/C16H16INO/c1-3-16(19)18(13-7-5-4-6-8-13)14-9-10-15(17)12(2)11-14/h4-11H,3H2,1-2H3. The molecule has 0 aliphatic carbocycles. The SMILES string of the molecule is CCC(=O)N(c1ccccc1)c1ccc(I)c(C)c1. The van der Waals surface area contributed by atoms with Gasteiger partial charge in [-0.25, -0.2) is 0 Å². The van der Waals surface area contributed by atoms with Gasteiger partial charge in [0, 0.05) is 21.4 Å². The van der Waals surface area contributed by atoms with E-state index in [9.17, 15) is 4.79 Å². The first kappa shape index (κ1) is 14.1. The zero-order valence-corrected chi connectivity index (χ0v) is 13.2. The summed E-state index contributed by atoms with van der Waals surface area (Å²) in [6, 6.07) is 15.9. The Balaban J connectivity index is 2.49. The van der Waals surface area contributed by atoms with Crippen molar-refractivity contribution in [2.75, 3.05) is 4.90 Å². The van der Waals surface area contributed by atoms with Crippen LogP contribution in [0, 0.1) is 10.5 Å². The summed E-state index contributed by atoms with van der Waals surface area (Å²) in [5.41, 5.74) is 3.02. The summed E-state index contributed by atoms with van der Waals surface area (Å²) in [6.45, 7) is 3.95. The quantitative estimate of drug-likeness (QED) is 0.724. The van der Waals surface area contributed by atoms with Crippen LogP contribution in [-0.2, 0) is 4.79 Å². The maximum atomic E-state index is 12.2. The van der Waals surface area contributed by atoms with Crippen molar-refractivity contribution >= 4 is 39.9 Å². The molecule has 0 fully saturated rings. The maximum absolute atomic E-state index is 12.2. The predicted molar refractivity (Wildman–Crippen MR) is 87.8 cm³/mol. The van der Waals surface area contributed by atoms with E-state index in [-0.39, 0.29) is 5.91 Å². The van der Waals surface area contributed by atoms with E-state index in [1.54, 1.807) is 4.90 Å². The molecule has 98 valence electrons. The number of para-hydroxylation sites is 1. The number of nitrogens with zero attached hydrogens (tertiary/aromatic N) is 1. The fraction of sp³-hybridized carbons (Fsp3) is 0.188. The largest absolute Gasteiger partial charge is 0.281 e. The molecule has 0 aromatic heterocycles. The minimum Gasteiger partial charge on any atom is -0.281 e. The predicted octanol–water partition coefficient (Wildman–Crippen LogP) is 4.67. The molecule has 0 aliphatic heterocycles. The van der Waals surface area contributed by atoms with Crippen LogP contribution in [0.2, 0.25) is 0 Å². The van der Waals surface area contributed by atoms with E-state index < -0.39 is 0 Å². The number of halogens is 1. The lowest BCUT2D eigenvalue weighted by Crippen LogP contribution is -2.24. The molecule has 2 rings (SSSR count). The lowest BCUT2D eigenvalue weighted by atomic mass is 10.1. The monoisotopic (exact) mass is 365 g/mol. The van der Waals surface area contributed by atoms with Crippen LogP contribution in [0.1, 0.15) is 18.9 Å². The molecule has 1 amide bonds. The molecular weight excluding hydrogens is 349 g/mol. The molecule has 0 saturated carbocycles. The molecule has 19 heavy (non-hydrogen) atoms. The van der Waals surface area contributed by atoms with Gasteiger partial charge in [0.25, 0.3) is 0 Å². The number of aryl methyl sites for hydroxylation is 1. The molecule has 0 bridgehead atoms. The fourth-order valence-corrected chi connectivity index (χ4v) is 2.28. The molecule has 0 radical (unpaired) electrons. The van der Waals surface area contributed by atoms with E-state index in [1.165, 1.54) is 9.13 Å². The van der Waals surface area contributed by atoms with Gasteiger partial charge in [0.15, 0.2) is 0 Å². The molecule has 0 spiro atoms. The first-order chi connectivity index (χ1) is 9.13. The normalized spacial score (nSPS) is 10.3. The molecule has 2 aromatic rings. The van der Waals surface area contributed by atoms with Crippen molar-refractivity contribution in [2.45, 2.75) is 20.3 Å². The number of carbonyl (C=O) groups is 1. The van der Waals surface area contributed by atoms with Crippen molar-refractivity contribution < 1.29 is 4.79 Å². The Kier molecular flexibility index (Phi) is 4.58. The van der Waals surface area contributed by atoms with Crippen molar-refractivity contribution in [3.63, 3.8) is 0 Å². The number of carbonyl (C=O) groups excluding carboxylic acids is 1. The van der Waals surface area contributed by atoms with E-state index in [2.05, 4.69) is 35.6 Å². The van der Waals surface area contributed by atoms with Crippen molar-refractivity contribution in [3.8, 4) is 0 Å². The molecule has 2 aromatic carbocycles. The lowest BCUT2D eigenvalue weighted by Gasteiger charge is -2.23. The van der Waals surface area contributed by atoms with Crippen LogP contribution < -0.4 is 4.90 Å². The van der Waals surface area contributed by atoms with Crippen molar-refractivity contribution in [3.05, 3.63) is 57.7 Å². The van der Waals surface area contributed by atoms with E-state index >= 15 is 0 Å². The summed E-state index contributed by atoms with van der Waals surface area (Å²) in [5.74, 6) is 0.104. The zero-order valence-electron chi connectivity index (χ0n) is 11.1. The highest BCUT2D eigenvalue weighted by molar-refractivity contribution is 14.1. The average molecular weight is 365 g/mol. The van der Waals surface area contributed by atoms with Crippen LogP contribution in [0.3, 0.4) is 0 Å². The summed E-state index contributed by atoms with van der Waals surface area (Å²) in [5, 5.41) is 0. The first-order valence-electron chi connectivity index (χ1n) is 6.27. The molecule has 0 unspecified atom stereocenters. The highest BCUT2D eigenvalue weighted by Crippen LogP contribution is 2.28. The van der Waals surface area contributed by atoms with Gasteiger partial charge in [-0.2, -0.15) is 0 Å². The third-order valence-electron chi connectivity index (χ3n) is 2.97. The summed E-state index contributed by atoms with van der Waals surface area (Å²) in [7, 11) is 0. The Morgan fingerprint density at radius 3 is 2.37 bits per heavy atom. The van der Waals surface area contributed by atoms with Crippen molar-refractivity contribution in [2.24, 2.45) is 0 Å². The summed E-state index contributed by atoms with van der Waals surface area (Å²) in [6.07, 6.45) is 0.486. The van der Waals surface area contributed by atoms with Crippen molar-refractivity contribution in [1.82, 2.24) is 0 Å². The number of rotatable bonds is 3. The van der Waals surface area contributed by atoms with Gasteiger partial charge in [0.2, 0.25) is 5.91 Å². The Hall–Kier alpha value is -1.36. The Morgan fingerprint density at radius 1 is 1.11 bits per heavy atom. The number of anilines is 2. The second-order valence-corrected chi connectivity index (χ2v) is 5.51. The van der Waals surface area contributed by atoms with Crippen molar-refractivity contribution in [1.29, 1.82) is 0 Å². The third kappa shape index (κ3) is 3.15. The number of amides is 1. The Morgan fingerprint density at radius 2 is 1.79 bits per heavy atom. The summed E-state index contributed by atoms with van der Waals surface area (Å²) < 4.78 is 1.21. The second-order valence-electron chi connectivity index (χ2n) is 4.35. The topological polar surface area (TPSA) is 20.3 Å². The fourth-order valence-electron chi connectivity index (χ4n) is 1.94. The van der Waals surface area contributed by atoms with Gasteiger partial charge in [0.1, 0.15) is 0 Å². The van der Waals surface area contributed by atoms with Gasteiger partial charge in [-0.15, -0.1) is 0 Å². The molecule has 0 N–H and O–H groups in total. The van der Waals surface area contributed by atoms with E-state index in [4.69, 9.17) is 0 Å². The minimum absolute atomic E-state index is 0.104. The second kappa shape index (κ2) is 6.19. The van der Waals surface area contributed by atoms with Gasteiger partial charge in [-0.05, 0) is 65.4 Å².